The van der Waals surface area contributed by atoms with Crippen molar-refractivity contribution in [2.75, 3.05) is 26.2 Å². The minimum absolute atomic E-state index is 0.165. The third kappa shape index (κ3) is 3.12. The third-order valence-corrected chi connectivity index (χ3v) is 4.00. The van der Waals surface area contributed by atoms with Crippen LogP contribution in [0.3, 0.4) is 0 Å². The van der Waals surface area contributed by atoms with E-state index in [0.717, 1.165) is 38.2 Å². The van der Waals surface area contributed by atoms with Crippen LogP contribution in [0.2, 0.25) is 0 Å². The van der Waals surface area contributed by atoms with Crippen LogP contribution in [0.25, 0.3) is 0 Å². The summed E-state index contributed by atoms with van der Waals surface area (Å²) in [5.74, 6) is 0. The zero-order valence-corrected chi connectivity index (χ0v) is 11.8. The van der Waals surface area contributed by atoms with E-state index >= 15 is 0 Å². The van der Waals surface area contributed by atoms with Crippen LogP contribution in [-0.4, -0.2) is 47.0 Å². The summed E-state index contributed by atoms with van der Waals surface area (Å²) < 4.78 is 0. The average Bonchev–Trinajstić information content (AvgIpc) is 2.49. The van der Waals surface area contributed by atoms with Gasteiger partial charge in [-0.25, -0.2) is 0 Å². The number of piperazine rings is 1. The highest BCUT2D eigenvalue weighted by Gasteiger charge is 2.29. The molecule has 0 bridgehead atoms. The van der Waals surface area contributed by atoms with Crippen molar-refractivity contribution in [2.45, 2.75) is 32.4 Å². The number of hydrogen-bond acceptors (Lipinski definition) is 4. The van der Waals surface area contributed by atoms with Crippen molar-refractivity contribution >= 4 is 0 Å². The molecule has 4 nitrogen and oxygen atoms in total. The number of aromatic nitrogens is 1. The smallest absolute Gasteiger partial charge is 0.125 e. The van der Waals surface area contributed by atoms with Gasteiger partial charge in [-0.1, -0.05) is 19.9 Å². The van der Waals surface area contributed by atoms with E-state index in [2.05, 4.69) is 34.7 Å². The van der Waals surface area contributed by atoms with Gasteiger partial charge >= 0.3 is 0 Å². The van der Waals surface area contributed by atoms with Gasteiger partial charge in [-0.15, -0.1) is 0 Å². The van der Waals surface area contributed by atoms with Crippen molar-refractivity contribution in [1.82, 2.24) is 14.8 Å². The molecule has 1 fully saturated rings. The van der Waals surface area contributed by atoms with Gasteiger partial charge in [0, 0.05) is 43.6 Å². The number of pyridine rings is 1. The molecular weight excluding hydrogens is 236 g/mol. The van der Waals surface area contributed by atoms with E-state index in [4.69, 9.17) is 0 Å². The maximum Gasteiger partial charge on any atom is 0.125 e. The predicted molar refractivity (Wildman–Crippen MR) is 75.5 cm³/mol. The minimum atomic E-state index is -0.165. The van der Waals surface area contributed by atoms with Gasteiger partial charge in [0.25, 0.3) is 0 Å². The first-order valence-electron chi connectivity index (χ1n) is 7.07. The van der Waals surface area contributed by atoms with Crippen molar-refractivity contribution in [3.05, 3.63) is 30.1 Å². The molecule has 0 N–H and O–H groups in total. The molecule has 1 aliphatic rings. The lowest BCUT2D eigenvalue weighted by molar-refractivity contribution is 0.0623. The Bertz CT molecular complexity index is 426. The van der Waals surface area contributed by atoms with Crippen molar-refractivity contribution in [2.24, 2.45) is 0 Å². The summed E-state index contributed by atoms with van der Waals surface area (Å²) in [6.07, 6.45) is 4.69. The second kappa shape index (κ2) is 6.65. The van der Waals surface area contributed by atoms with Crippen LogP contribution in [0.1, 0.15) is 31.9 Å². The van der Waals surface area contributed by atoms with E-state index in [-0.39, 0.29) is 6.04 Å². The monoisotopic (exact) mass is 258 g/mol. The second-order valence-corrected chi connectivity index (χ2v) is 5.00. The van der Waals surface area contributed by atoms with Crippen LogP contribution in [0.5, 0.6) is 0 Å². The zero-order valence-electron chi connectivity index (χ0n) is 11.8. The van der Waals surface area contributed by atoms with E-state index in [0.29, 0.717) is 6.04 Å². The molecule has 1 saturated heterocycles. The van der Waals surface area contributed by atoms with Crippen LogP contribution in [0.15, 0.2) is 24.5 Å². The standard InChI is InChI=1S/C15H22N4/c1-3-14-12-19(9-8-18(14)4-2)15(10-16)13-6-5-7-17-11-13/h5-7,11,14-15H,3-4,8-9,12H2,1-2H3. The van der Waals surface area contributed by atoms with E-state index < -0.39 is 0 Å². The first-order valence-corrected chi connectivity index (χ1v) is 7.07. The summed E-state index contributed by atoms with van der Waals surface area (Å²) in [6.45, 7) is 8.50. The van der Waals surface area contributed by atoms with Gasteiger partial charge in [0.15, 0.2) is 0 Å². The number of rotatable bonds is 4. The highest BCUT2D eigenvalue weighted by molar-refractivity contribution is 5.20. The molecule has 0 aliphatic carbocycles. The molecule has 1 aliphatic heterocycles. The van der Waals surface area contributed by atoms with Crippen LogP contribution >= 0.6 is 0 Å². The molecule has 2 heterocycles. The lowest BCUT2D eigenvalue weighted by atomic mass is 10.0. The van der Waals surface area contributed by atoms with Gasteiger partial charge in [0.05, 0.1) is 6.07 Å². The molecule has 1 aromatic rings. The molecule has 2 atom stereocenters. The maximum absolute atomic E-state index is 9.48. The van der Waals surface area contributed by atoms with Gasteiger partial charge in [-0.05, 0) is 19.0 Å². The van der Waals surface area contributed by atoms with Gasteiger partial charge in [-0.2, -0.15) is 5.26 Å². The molecule has 0 spiro atoms. The summed E-state index contributed by atoms with van der Waals surface area (Å²) in [6, 6.07) is 6.73. The van der Waals surface area contributed by atoms with E-state index in [1.165, 1.54) is 0 Å². The van der Waals surface area contributed by atoms with E-state index in [1.54, 1.807) is 12.4 Å². The van der Waals surface area contributed by atoms with Crippen LogP contribution < -0.4 is 0 Å². The van der Waals surface area contributed by atoms with Crippen molar-refractivity contribution in [3.63, 3.8) is 0 Å². The Morgan fingerprint density at radius 2 is 2.32 bits per heavy atom. The van der Waals surface area contributed by atoms with Gasteiger partial charge < -0.3 is 0 Å². The molecule has 2 rings (SSSR count). The zero-order chi connectivity index (χ0) is 13.7. The fourth-order valence-corrected chi connectivity index (χ4v) is 2.86. The van der Waals surface area contributed by atoms with Crippen molar-refractivity contribution in [1.29, 1.82) is 5.26 Å². The quantitative estimate of drug-likeness (QED) is 0.829. The van der Waals surface area contributed by atoms with Gasteiger partial charge in [0.2, 0.25) is 0 Å². The fourth-order valence-electron chi connectivity index (χ4n) is 2.86. The first-order chi connectivity index (χ1) is 9.30. The minimum Gasteiger partial charge on any atom is -0.298 e. The van der Waals surface area contributed by atoms with Crippen LogP contribution in [-0.2, 0) is 0 Å². The molecule has 1 aromatic heterocycles. The summed E-state index contributed by atoms with van der Waals surface area (Å²) in [5.41, 5.74) is 1.00. The summed E-state index contributed by atoms with van der Waals surface area (Å²) in [5, 5.41) is 9.48. The molecule has 2 unspecified atom stereocenters. The molecule has 19 heavy (non-hydrogen) atoms. The Kier molecular flexibility index (Phi) is 4.89. The fraction of sp³-hybridized carbons (Fsp3) is 0.600. The summed E-state index contributed by atoms with van der Waals surface area (Å²) in [7, 11) is 0. The van der Waals surface area contributed by atoms with Crippen molar-refractivity contribution in [3.8, 4) is 6.07 Å². The van der Waals surface area contributed by atoms with Gasteiger partial charge in [-0.3, -0.25) is 14.8 Å². The largest absolute Gasteiger partial charge is 0.298 e. The van der Waals surface area contributed by atoms with Crippen LogP contribution in [0.4, 0.5) is 0 Å². The molecule has 0 radical (unpaired) electrons. The normalized spacial score (nSPS) is 22.9. The first kappa shape index (κ1) is 14.0. The Morgan fingerprint density at radius 3 is 2.89 bits per heavy atom. The molecule has 4 heteroatoms. The molecular formula is C15H22N4. The van der Waals surface area contributed by atoms with Crippen molar-refractivity contribution < 1.29 is 0 Å². The Morgan fingerprint density at radius 1 is 1.47 bits per heavy atom. The van der Waals surface area contributed by atoms with E-state index in [9.17, 15) is 5.26 Å². The molecule has 0 amide bonds. The number of nitrogens with zero attached hydrogens (tertiary/aromatic N) is 4. The summed E-state index contributed by atoms with van der Waals surface area (Å²) in [4.78, 5) is 8.93. The highest BCUT2D eigenvalue weighted by atomic mass is 15.3. The van der Waals surface area contributed by atoms with Gasteiger partial charge in [0.1, 0.15) is 6.04 Å². The maximum atomic E-state index is 9.48. The third-order valence-electron chi connectivity index (χ3n) is 4.00. The number of nitriles is 1. The highest BCUT2D eigenvalue weighted by Crippen LogP contribution is 2.23. The lowest BCUT2D eigenvalue weighted by Gasteiger charge is -2.42. The molecule has 0 saturated carbocycles. The Hall–Kier alpha value is -1.44. The summed E-state index contributed by atoms with van der Waals surface area (Å²) >= 11 is 0. The SMILES string of the molecule is CCC1CN(C(C#N)c2cccnc2)CCN1CC. The molecule has 0 aromatic carbocycles. The van der Waals surface area contributed by atoms with E-state index in [1.807, 2.05) is 12.1 Å². The predicted octanol–water partition coefficient (Wildman–Crippen LogP) is 2.06. The second-order valence-electron chi connectivity index (χ2n) is 5.00. The number of hydrogen-bond donors (Lipinski definition) is 0. The topological polar surface area (TPSA) is 43.2 Å². The Labute approximate surface area is 115 Å². The Balaban J connectivity index is 2.11. The number of likely N-dealkylation sites (N-methyl/N-ethyl adjacent to an activating group) is 1. The molecule has 102 valence electrons. The van der Waals surface area contributed by atoms with Crippen LogP contribution in [0, 0.1) is 11.3 Å². The average molecular weight is 258 g/mol. The lowest BCUT2D eigenvalue weighted by Crippen LogP contribution is -2.53.